The van der Waals surface area contributed by atoms with Crippen molar-refractivity contribution in [2.24, 2.45) is 0 Å². The zero-order valence-corrected chi connectivity index (χ0v) is 41.7. The zero-order chi connectivity index (χ0) is 52.8. The predicted molar refractivity (Wildman–Crippen MR) is 298 cm³/mol. The molecule has 0 radical (unpaired) electrons. The van der Waals surface area contributed by atoms with E-state index < -0.39 is 29.0 Å². The van der Waals surface area contributed by atoms with Gasteiger partial charge in [0.1, 0.15) is 0 Å². The van der Waals surface area contributed by atoms with E-state index in [0.717, 1.165) is 116 Å². The monoisotopic (exact) mass is 1010 g/mol. The standard InChI is InChI=1S/C67H45F6N3/c1-39-6-14-43(15-7-39)47-22-27-53-54-28-23-48(44-16-8-40(2)9-17-44)33-61(54)75(60(53)32-47)64-37-57(52-31-26-51(66(68,69)70)36-58(52)67(71,72)73)59(74-5)38-65(64)76-62-34-49(45-18-10-41(3)11-19-45)24-29-55(62)56-30-25-50(35-63(56)76)46-20-12-42(4)13-21-46/h6-38H,1-4H3. The van der Waals surface area contributed by atoms with Crippen molar-refractivity contribution >= 4 is 49.3 Å². The Morgan fingerprint density at radius 2 is 0.645 bits per heavy atom. The Labute approximate surface area is 435 Å². The number of alkyl halides is 6. The Morgan fingerprint density at radius 1 is 0.329 bits per heavy atom. The molecule has 0 spiro atoms. The molecule has 9 heteroatoms. The van der Waals surface area contributed by atoms with Crippen LogP contribution in [0.25, 0.3) is 115 Å². The van der Waals surface area contributed by atoms with Gasteiger partial charge in [0.2, 0.25) is 0 Å². The molecule has 0 N–H and O–H groups in total. The second-order valence-corrected chi connectivity index (χ2v) is 19.8. The fourth-order valence-corrected chi connectivity index (χ4v) is 10.7. The van der Waals surface area contributed by atoms with Crippen LogP contribution in [0.5, 0.6) is 0 Å². The van der Waals surface area contributed by atoms with Crippen molar-refractivity contribution in [3.05, 3.63) is 245 Å². The molecule has 0 unspecified atom stereocenters. The number of hydrogen-bond acceptors (Lipinski definition) is 0. The summed E-state index contributed by atoms with van der Waals surface area (Å²) < 4.78 is 93.2. The third-order valence-electron chi connectivity index (χ3n) is 14.7. The first kappa shape index (κ1) is 47.8. The maximum Gasteiger partial charge on any atom is 0.416 e. The number of rotatable bonds is 7. The number of nitrogens with zero attached hydrogens (tertiary/aromatic N) is 3. The van der Waals surface area contributed by atoms with Crippen molar-refractivity contribution in [2.75, 3.05) is 0 Å². The highest BCUT2D eigenvalue weighted by molar-refractivity contribution is 6.14. The lowest BCUT2D eigenvalue weighted by Crippen LogP contribution is -2.12. The second kappa shape index (κ2) is 18.1. The average Bonchev–Trinajstić information content (AvgIpc) is 3.92. The van der Waals surface area contributed by atoms with Crippen LogP contribution < -0.4 is 0 Å². The molecule has 0 aliphatic rings. The van der Waals surface area contributed by atoms with Gasteiger partial charge < -0.3 is 9.13 Å². The molecule has 0 atom stereocenters. The molecule has 2 aromatic heterocycles. The summed E-state index contributed by atoms with van der Waals surface area (Å²) in [6.45, 7) is 16.8. The Hall–Kier alpha value is -9.13. The number of benzene rings is 10. The van der Waals surface area contributed by atoms with Crippen LogP contribution in [0.3, 0.4) is 0 Å². The van der Waals surface area contributed by atoms with E-state index in [-0.39, 0.29) is 17.3 Å². The largest absolute Gasteiger partial charge is 0.416 e. The summed E-state index contributed by atoms with van der Waals surface area (Å²) >= 11 is 0. The van der Waals surface area contributed by atoms with Gasteiger partial charge >= 0.3 is 12.4 Å². The molecule has 0 aliphatic heterocycles. The minimum atomic E-state index is -5.22. The number of fused-ring (bicyclic) bond motifs is 6. The second-order valence-electron chi connectivity index (χ2n) is 19.8. The van der Waals surface area contributed by atoms with E-state index in [1.54, 1.807) is 12.1 Å². The number of hydrogen-bond donors (Lipinski definition) is 0. The molecule has 0 fully saturated rings. The van der Waals surface area contributed by atoms with E-state index in [1.165, 1.54) is 0 Å². The Bertz CT molecular complexity index is 4110. The van der Waals surface area contributed by atoms with Gasteiger partial charge in [-0.15, -0.1) is 0 Å². The molecule has 3 nitrogen and oxygen atoms in total. The van der Waals surface area contributed by atoms with Gasteiger partial charge in [0, 0.05) is 21.5 Å². The van der Waals surface area contributed by atoms with Gasteiger partial charge in [-0.1, -0.05) is 174 Å². The van der Waals surface area contributed by atoms with E-state index in [9.17, 15) is 13.2 Å². The van der Waals surface area contributed by atoms with Gasteiger partial charge in [-0.2, -0.15) is 26.3 Å². The maximum atomic E-state index is 15.4. The lowest BCUT2D eigenvalue weighted by atomic mass is 9.94. The van der Waals surface area contributed by atoms with E-state index in [4.69, 9.17) is 6.57 Å². The van der Waals surface area contributed by atoms with Crippen molar-refractivity contribution in [1.82, 2.24) is 9.13 Å². The van der Waals surface area contributed by atoms with Gasteiger partial charge in [-0.3, -0.25) is 0 Å². The third-order valence-corrected chi connectivity index (χ3v) is 14.7. The highest BCUT2D eigenvalue weighted by Gasteiger charge is 2.39. The van der Waals surface area contributed by atoms with E-state index in [1.807, 2.05) is 76.2 Å². The van der Waals surface area contributed by atoms with Gasteiger partial charge in [0.25, 0.3) is 0 Å². The van der Waals surface area contributed by atoms with Crippen LogP contribution >= 0.6 is 0 Å². The van der Waals surface area contributed by atoms with Crippen molar-refractivity contribution in [1.29, 1.82) is 0 Å². The fraction of sp³-hybridized carbons (Fsp3) is 0.0896. The van der Waals surface area contributed by atoms with Crippen molar-refractivity contribution in [3.8, 4) is 67.0 Å². The SMILES string of the molecule is [C-]#[N+]c1cc(-n2c3cc(-c4ccc(C)cc4)ccc3c3ccc(-c4ccc(C)cc4)cc32)c(-n2c3cc(-c4ccc(C)cc4)ccc3c3ccc(-c4ccc(C)cc4)cc32)cc1-c1ccc(C(F)(F)F)cc1C(F)(F)F. The fourth-order valence-electron chi connectivity index (χ4n) is 10.7. The van der Waals surface area contributed by atoms with Crippen LogP contribution in [0.2, 0.25) is 0 Å². The average molecular weight is 1010 g/mol. The molecule has 12 rings (SSSR count). The summed E-state index contributed by atoms with van der Waals surface area (Å²) in [5.74, 6) is 0. The minimum Gasteiger partial charge on any atom is -0.308 e. The van der Waals surface area contributed by atoms with Crippen molar-refractivity contribution in [2.45, 2.75) is 40.0 Å². The van der Waals surface area contributed by atoms with Crippen LogP contribution in [0, 0.1) is 34.3 Å². The van der Waals surface area contributed by atoms with Crippen LogP contribution in [0.1, 0.15) is 33.4 Å². The highest BCUT2D eigenvalue weighted by Crippen LogP contribution is 2.49. The zero-order valence-electron chi connectivity index (χ0n) is 41.7. The van der Waals surface area contributed by atoms with E-state index >= 15 is 13.2 Å². The smallest absolute Gasteiger partial charge is 0.308 e. The highest BCUT2D eigenvalue weighted by atomic mass is 19.4. The molecule has 0 saturated carbocycles. The lowest BCUT2D eigenvalue weighted by molar-refractivity contribution is -0.142. The Kier molecular flexibility index (Phi) is 11.4. The summed E-state index contributed by atoms with van der Waals surface area (Å²) in [7, 11) is 0. The summed E-state index contributed by atoms with van der Waals surface area (Å²) in [5.41, 5.74) is 11.8. The van der Waals surface area contributed by atoms with Crippen LogP contribution in [0.15, 0.2) is 200 Å². The van der Waals surface area contributed by atoms with Gasteiger partial charge in [-0.25, -0.2) is 4.85 Å². The van der Waals surface area contributed by atoms with Crippen molar-refractivity contribution in [3.63, 3.8) is 0 Å². The van der Waals surface area contributed by atoms with Crippen LogP contribution in [0.4, 0.5) is 32.0 Å². The molecule has 0 aliphatic carbocycles. The normalized spacial score (nSPS) is 12.1. The Balaban J connectivity index is 1.27. The first-order chi connectivity index (χ1) is 36.5. The molecule has 0 saturated heterocycles. The van der Waals surface area contributed by atoms with Gasteiger partial charge in [-0.05, 0) is 132 Å². The summed E-state index contributed by atoms with van der Waals surface area (Å²) in [6.07, 6.45) is -10.3. The molecule has 2 heterocycles. The molecule has 76 heavy (non-hydrogen) atoms. The van der Waals surface area contributed by atoms with E-state index in [0.29, 0.717) is 17.4 Å². The van der Waals surface area contributed by atoms with Crippen molar-refractivity contribution < 1.29 is 26.3 Å². The molecular formula is C67H45F6N3. The number of halogens is 6. The Morgan fingerprint density at radius 3 is 0.947 bits per heavy atom. The van der Waals surface area contributed by atoms with Crippen LogP contribution in [-0.4, -0.2) is 9.13 Å². The molecular weight excluding hydrogens is 961 g/mol. The molecule has 10 aromatic carbocycles. The summed E-state index contributed by atoms with van der Waals surface area (Å²) in [6, 6.07) is 62.5. The summed E-state index contributed by atoms with van der Waals surface area (Å²) in [5, 5.41) is 3.51. The van der Waals surface area contributed by atoms with Crippen LogP contribution in [-0.2, 0) is 12.4 Å². The van der Waals surface area contributed by atoms with Gasteiger partial charge in [0.15, 0.2) is 5.69 Å². The quantitative estimate of drug-likeness (QED) is 0.112. The molecule has 0 amide bonds. The summed E-state index contributed by atoms with van der Waals surface area (Å²) in [4.78, 5) is 3.93. The lowest BCUT2D eigenvalue weighted by Gasteiger charge is -2.22. The molecule has 12 aromatic rings. The predicted octanol–water partition coefficient (Wildman–Crippen LogP) is 20.0. The van der Waals surface area contributed by atoms with E-state index in [2.05, 4.69) is 135 Å². The third kappa shape index (κ3) is 8.36. The maximum absolute atomic E-state index is 15.4. The molecule has 0 bridgehead atoms. The van der Waals surface area contributed by atoms with Gasteiger partial charge in [0.05, 0.1) is 51.1 Å². The minimum absolute atomic E-state index is 0.144. The molecule has 370 valence electrons. The number of aryl methyl sites for hydroxylation is 4. The number of aromatic nitrogens is 2. The first-order valence-electron chi connectivity index (χ1n) is 24.8. The topological polar surface area (TPSA) is 14.2 Å². The first-order valence-corrected chi connectivity index (χ1v) is 24.8.